The van der Waals surface area contributed by atoms with Crippen LogP contribution >= 0.6 is 11.3 Å². The normalized spacial score (nSPS) is 16.9. The van der Waals surface area contributed by atoms with Crippen LogP contribution in [-0.4, -0.2) is 27.5 Å². The Morgan fingerprint density at radius 1 is 1.35 bits per heavy atom. The Labute approximate surface area is 137 Å². The summed E-state index contributed by atoms with van der Waals surface area (Å²) in [4.78, 5) is 29.3. The first-order chi connectivity index (χ1) is 11.0. The molecular formula is C16H18N2O4S. The first-order valence-electron chi connectivity index (χ1n) is 7.59. The number of carbonyl (C=O) groups excluding carboxylic acids is 1. The SMILES string of the molecule is Cc1sc(-c2ccco2)nc1C(=O)NC1(C(=O)O)CCCCC1. The van der Waals surface area contributed by atoms with Crippen LogP contribution in [0, 0.1) is 6.92 Å². The minimum atomic E-state index is -1.17. The molecular weight excluding hydrogens is 316 g/mol. The van der Waals surface area contributed by atoms with Crippen molar-refractivity contribution in [2.24, 2.45) is 0 Å². The number of amides is 1. The minimum absolute atomic E-state index is 0.271. The molecule has 0 spiro atoms. The Kier molecular flexibility index (Phi) is 4.21. The second kappa shape index (κ2) is 6.16. The molecule has 122 valence electrons. The molecule has 1 saturated carbocycles. The number of carbonyl (C=O) groups is 2. The summed E-state index contributed by atoms with van der Waals surface area (Å²) in [6, 6.07) is 3.53. The lowest BCUT2D eigenvalue weighted by Crippen LogP contribution is -2.55. The maximum atomic E-state index is 12.6. The van der Waals surface area contributed by atoms with Gasteiger partial charge >= 0.3 is 5.97 Å². The van der Waals surface area contributed by atoms with E-state index < -0.39 is 17.4 Å². The Bertz CT molecular complexity index is 715. The van der Waals surface area contributed by atoms with Gasteiger partial charge in [0.25, 0.3) is 5.91 Å². The number of nitrogens with one attached hydrogen (secondary N) is 1. The van der Waals surface area contributed by atoms with Crippen molar-refractivity contribution in [3.05, 3.63) is 29.0 Å². The zero-order chi connectivity index (χ0) is 16.4. The topological polar surface area (TPSA) is 92.4 Å². The van der Waals surface area contributed by atoms with Crippen LogP contribution in [0.2, 0.25) is 0 Å². The number of aromatic nitrogens is 1. The Morgan fingerprint density at radius 3 is 2.70 bits per heavy atom. The molecule has 3 rings (SSSR count). The summed E-state index contributed by atoms with van der Waals surface area (Å²) in [5.41, 5.74) is -0.899. The van der Waals surface area contributed by atoms with Gasteiger partial charge in [0.1, 0.15) is 11.2 Å². The second-order valence-corrected chi connectivity index (χ2v) is 7.01. The van der Waals surface area contributed by atoms with Gasteiger partial charge in [-0.3, -0.25) is 4.79 Å². The van der Waals surface area contributed by atoms with Crippen molar-refractivity contribution < 1.29 is 19.1 Å². The summed E-state index contributed by atoms with van der Waals surface area (Å²) in [5.74, 6) is -0.798. The number of hydrogen-bond acceptors (Lipinski definition) is 5. The molecule has 2 aromatic rings. The summed E-state index contributed by atoms with van der Waals surface area (Å²) >= 11 is 1.36. The highest BCUT2D eigenvalue weighted by Crippen LogP contribution is 2.31. The average Bonchev–Trinajstić information content (AvgIpc) is 3.17. The van der Waals surface area contributed by atoms with E-state index in [1.54, 1.807) is 25.3 Å². The first-order valence-corrected chi connectivity index (χ1v) is 8.41. The van der Waals surface area contributed by atoms with Crippen LogP contribution in [0.1, 0.15) is 47.5 Å². The van der Waals surface area contributed by atoms with Crippen molar-refractivity contribution in [2.45, 2.75) is 44.6 Å². The number of nitrogens with zero attached hydrogens (tertiary/aromatic N) is 1. The van der Waals surface area contributed by atoms with Crippen LogP contribution in [0.25, 0.3) is 10.8 Å². The number of thiazole rings is 1. The summed E-state index contributed by atoms with van der Waals surface area (Å²) in [6.07, 6.45) is 5.08. The Hall–Kier alpha value is -2.15. The highest BCUT2D eigenvalue weighted by atomic mass is 32.1. The summed E-state index contributed by atoms with van der Waals surface area (Å²) in [7, 11) is 0. The molecule has 0 bridgehead atoms. The quantitative estimate of drug-likeness (QED) is 0.895. The molecule has 0 aliphatic heterocycles. The third-order valence-corrected chi connectivity index (χ3v) is 5.20. The van der Waals surface area contributed by atoms with E-state index in [1.807, 2.05) is 0 Å². The fourth-order valence-corrected chi connectivity index (χ4v) is 3.82. The number of carboxylic acids is 1. The van der Waals surface area contributed by atoms with E-state index in [2.05, 4.69) is 10.3 Å². The Morgan fingerprint density at radius 2 is 2.09 bits per heavy atom. The van der Waals surface area contributed by atoms with E-state index in [0.29, 0.717) is 23.6 Å². The van der Waals surface area contributed by atoms with E-state index in [-0.39, 0.29) is 5.69 Å². The highest BCUT2D eigenvalue weighted by Gasteiger charge is 2.41. The monoisotopic (exact) mass is 334 g/mol. The van der Waals surface area contributed by atoms with E-state index in [4.69, 9.17) is 4.42 Å². The predicted octanol–water partition coefficient (Wildman–Crippen LogP) is 3.23. The molecule has 0 aromatic carbocycles. The minimum Gasteiger partial charge on any atom is -0.480 e. The third-order valence-electron chi connectivity index (χ3n) is 4.21. The molecule has 1 amide bonds. The molecule has 2 aromatic heterocycles. The average molecular weight is 334 g/mol. The molecule has 7 heteroatoms. The lowest BCUT2D eigenvalue weighted by Gasteiger charge is -2.33. The molecule has 2 N–H and O–H groups in total. The van der Waals surface area contributed by atoms with Crippen LogP contribution in [0.5, 0.6) is 0 Å². The maximum Gasteiger partial charge on any atom is 0.329 e. The predicted molar refractivity (Wildman–Crippen MR) is 85.5 cm³/mol. The standard InChI is InChI=1S/C16H18N2O4S/c1-10-12(17-14(23-10)11-6-5-9-22-11)13(19)18-16(15(20)21)7-3-2-4-8-16/h5-6,9H,2-4,7-8H2,1H3,(H,18,19)(H,20,21). The van der Waals surface area contributed by atoms with Crippen LogP contribution in [-0.2, 0) is 4.79 Å². The van der Waals surface area contributed by atoms with Gasteiger partial charge in [-0.15, -0.1) is 11.3 Å². The van der Waals surface area contributed by atoms with Gasteiger partial charge in [-0.25, -0.2) is 9.78 Å². The van der Waals surface area contributed by atoms with E-state index >= 15 is 0 Å². The number of aryl methyl sites for hydroxylation is 1. The van der Waals surface area contributed by atoms with Crippen LogP contribution in [0.15, 0.2) is 22.8 Å². The van der Waals surface area contributed by atoms with Crippen molar-refractivity contribution >= 4 is 23.2 Å². The van der Waals surface area contributed by atoms with Crippen LogP contribution in [0.3, 0.4) is 0 Å². The van der Waals surface area contributed by atoms with Crippen molar-refractivity contribution in [1.29, 1.82) is 0 Å². The van der Waals surface area contributed by atoms with Gasteiger partial charge in [-0.2, -0.15) is 0 Å². The Balaban J connectivity index is 1.84. The summed E-state index contributed by atoms with van der Waals surface area (Å²) < 4.78 is 5.30. The molecule has 0 atom stereocenters. The van der Waals surface area contributed by atoms with Crippen molar-refractivity contribution in [3.63, 3.8) is 0 Å². The molecule has 2 heterocycles. The van der Waals surface area contributed by atoms with Crippen molar-refractivity contribution in [2.75, 3.05) is 0 Å². The molecule has 6 nitrogen and oxygen atoms in total. The summed E-state index contributed by atoms with van der Waals surface area (Å²) in [5, 5.41) is 12.9. The van der Waals surface area contributed by atoms with Gasteiger partial charge in [-0.1, -0.05) is 19.3 Å². The fourth-order valence-electron chi connectivity index (χ4n) is 2.94. The fraction of sp³-hybridized carbons (Fsp3) is 0.438. The van der Waals surface area contributed by atoms with Crippen LogP contribution in [0.4, 0.5) is 0 Å². The molecule has 0 radical (unpaired) electrons. The summed E-state index contributed by atoms with van der Waals surface area (Å²) in [6.45, 7) is 1.80. The van der Waals surface area contributed by atoms with E-state index in [0.717, 1.165) is 24.1 Å². The third kappa shape index (κ3) is 3.01. The molecule has 1 fully saturated rings. The molecule has 1 aliphatic carbocycles. The highest BCUT2D eigenvalue weighted by molar-refractivity contribution is 7.15. The van der Waals surface area contributed by atoms with Gasteiger partial charge in [-0.05, 0) is 31.9 Å². The largest absolute Gasteiger partial charge is 0.480 e. The van der Waals surface area contributed by atoms with Crippen molar-refractivity contribution in [3.8, 4) is 10.8 Å². The van der Waals surface area contributed by atoms with Gasteiger partial charge in [0.05, 0.1) is 6.26 Å². The lowest BCUT2D eigenvalue weighted by atomic mass is 9.81. The van der Waals surface area contributed by atoms with Gasteiger partial charge in [0, 0.05) is 4.88 Å². The molecule has 0 saturated heterocycles. The molecule has 1 aliphatic rings. The van der Waals surface area contributed by atoms with Gasteiger partial charge < -0.3 is 14.8 Å². The van der Waals surface area contributed by atoms with E-state index in [9.17, 15) is 14.7 Å². The molecule has 23 heavy (non-hydrogen) atoms. The number of furan rings is 1. The molecule has 0 unspecified atom stereocenters. The first kappa shape index (κ1) is 15.7. The zero-order valence-corrected chi connectivity index (χ0v) is 13.6. The van der Waals surface area contributed by atoms with Crippen LogP contribution < -0.4 is 5.32 Å². The van der Waals surface area contributed by atoms with Gasteiger partial charge in [0.15, 0.2) is 10.8 Å². The van der Waals surface area contributed by atoms with E-state index in [1.165, 1.54) is 11.3 Å². The number of carboxylic acid groups (broad SMARTS) is 1. The second-order valence-electron chi connectivity index (χ2n) is 5.80. The number of hydrogen-bond donors (Lipinski definition) is 2. The smallest absolute Gasteiger partial charge is 0.329 e. The van der Waals surface area contributed by atoms with Gasteiger partial charge in [0.2, 0.25) is 0 Å². The number of rotatable bonds is 4. The maximum absolute atomic E-state index is 12.6. The lowest BCUT2D eigenvalue weighted by molar-refractivity contribution is -0.145. The zero-order valence-electron chi connectivity index (χ0n) is 12.8. The number of aliphatic carboxylic acids is 1. The van der Waals surface area contributed by atoms with Crippen molar-refractivity contribution in [1.82, 2.24) is 10.3 Å².